The molecule has 0 fully saturated rings. The quantitative estimate of drug-likeness (QED) is 0.329. The summed E-state index contributed by atoms with van der Waals surface area (Å²) in [5.74, 6) is 1.72. The number of hydrogen-bond donors (Lipinski definition) is 0. The molecule has 0 atom stereocenters. The van der Waals surface area contributed by atoms with E-state index in [0.29, 0.717) is 13.2 Å². The zero-order valence-corrected chi connectivity index (χ0v) is 19.2. The maximum absolute atomic E-state index is 11.6. The summed E-state index contributed by atoms with van der Waals surface area (Å²) in [4.78, 5) is 12.3. The first kappa shape index (κ1) is 20.1. The number of ether oxygens (including phenoxy) is 2. The van der Waals surface area contributed by atoms with Crippen molar-refractivity contribution in [2.45, 2.75) is 72.6 Å². The van der Waals surface area contributed by atoms with Crippen molar-refractivity contribution in [3.8, 4) is 11.5 Å². The molecule has 136 valence electrons. The molecule has 0 unspecified atom stereocenters. The van der Waals surface area contributed by atoms with E-state index in [9.17, 15) is 4.79 Å². The van der Waals surface area contributed by atoms with Crippen molar-refractivity contribution >= 4 is 38.9 Å². The van der Waals surface area contributed by atoms with Gasteiger partial charge in [-0.2, -0.15) is 0 Å². The second kappa shape index (κ2) is 10.0. The molecule has 1 aromatic rings. The van der Waals surface area contributed by atoms with Gasteiger partial charge in [-0.15, -0.1) is 0 Å². The van der Waals surface area contributed by atoms with Crippen molar-refractivity contribution in [2.24, 2.45) is 0 Å². The van der Waals surface area contributed by atoms with Crippen molar-refractivity contribution < 1.29 is 14.3 Å². The van der Waals surface area contributed by atoms with Crippen LogP contribution in [0.1, 0.15) is 69.0 Å². The molecule has 0 saturated carbocycles. The predicted molar refractivity (Wildman–Crippen MR) is 105 cm³/mol. The van der Waals surface area contributed by atoms with Crippen molar-refractivity contribution in [1.29, 1.82) is 0 Å². The molecule has 1 aromatic heterocycles. The van der Waals surface area contributed by atoms with Crippen LogP contribution in [0.5, 0.6) is 11.5 Å². The summed E-state index contributed by atoms with van der Waals surface area (Å²) in [6, 6.07) is 0. The molecule has 5 heteroatoms. The molecule has 0 saturated heterocycles. The summed E-state index contributed by atoms with van der Waals surface area (Å²) in [7, 11) is 0. The van der Waals surface area contributed by atoms with Crippen LogP contribution in [-0.2, 0) is 0 Å². The molecular formula is C19H32O3SSn. The second-order valence-corrected chi connectivity index (χ2v) is 22.0. The van der Waals surface area contributed by atoms with E-state index >= 15 is 0 Å². The van der Waals surface area contributed by atoms with Gasteiger partial charge in [-0.25, -0.2) is 0 Å². The van der Waals surface area contributed by atoms with Gasteiger partial charge in [-0.3, -0.25) is 0 Å². The molecule has 0 aliphatic carbocycles. The van der Waals surface area contributed by atoms with Crippen molar-refractivity contribution in [1.82, 2.24) is 0 Å². The maximum atomic E-state index is 11.6. The summed E-state index contributed by atoms with van der Waals surface area (Å²) < 4.78 is 17.5. The molecular weight excluding hydrogens is 427 g/mol. The molecule has 0 spiro atoms. The van der Waals surface area contributed by atoms with Crippen LogP contribution < -0.4 is 12.4 Å². The molecule has 3 nitrogen and oxygen atoms in total. The van der Waals surface area contributed by atoms with Crippen LogP contribution in [0, 0.1) is 0 Å². The molecule has 0 radical (unpaired) electrons. The minimum atomic E-state index is -2.57. The summed E-state index contributed by atoms with van der Waals surface area (Å²) >= 11 is -0.863. The molecule has 0 bridgehead atoms. The van der Waals surface area contributed by atoms with E-state index in [-0.39, 0.29) is 0 Å². The monoisotopic (exact) mass is 460 g/mol. The molecule has 2 rings (SSSR count). The van der Waals surface area contributed by atoms with Gasteiger partial charge in [0.15, 0.2) is 0 Å². The van der Waals surface area contributed by atoms with E-state index < -0.39 is 18.4 Å². The van der Waals surface area contributed by atoms with Gasteiger partial charge in [-0.05, 0) is 0 Å². The normalized spacial score (nSPS) is 14.0. The third-order valence-corrected chi connectivity index (χ3v) is 24.3. The van der Waals surface area contributed by atoms with Gasteiger partial charge in [-0.1, -0.05) is 0 Å². The molecule has 1 aliphatic rings. The van der Waals surface area contributed by atoms with Gasteiger partial charge in [0.2, 0.25) is 0 Å². The Hall–Kier alpha value is -0.231. The van der Waals surface area contributed by atoms with Gasteiger partial charge in [0.1, 0.15) is 0 Å². The van der Waals surface area contributed by atoms with Crippen LogP contribution in [0.15, 0.2) is 0 Å². The van der Waals surface area contributed by atoms with Crippen molar-refractivity contribution in [3.05, 3.63) is 4.88 Å². The van der Waals surface area contributed by atoms with Crippen LogP contribution in [0.3, 0.4) is 0 Å². The van der Waals surface area contributed by atoms with Crippen LogP contribution in [0.4, 0.5) is 0 Å². The third kappa shape index (κ3) is 4.48. The molecule has 1 aliphatic heterocycles. The zero-order valence-electron chi connectivity index (χ0n) is 15.5. The molecule has 0 aromatic carbocycles. The van der Waals surface area contributed by atoms with Gasteiger partial charge in [0, 0.05) is 0 Å². The molecule has 24 heavy (non-hydrogen) atoms. The van der Waals surface area contributed by atoms with E-state index in [1.807, 2.05) is 0 Å². The number of aldehydes is 1. The fourth-order valence-electron chi connectivity index (χ4n) is 3.66. The topological polar surface area (TPSA) is 35.5 Å². The fourth-order valence-corrected chi connectivity index (χ4v) is 24.3. The number of carbonyl (C=O) groups excluding carboxylic acids is 1. The summed E-state index contributed by atoms with van der Waals surface area (Å²) in [5, 5.41) is 0. The first-order valence-electron chi connectivity index (χ1n) is 9.60. The number of thiophene rings is 1. The van der Waals surface area contributed by atoms with Crippen molar-refractivity contribution in [2.75, 3.05) is 13.2 Å². The van der Waals surface area contributed by atoms with Gasteiger partial charge in [0.05, 0.1) is 0 Å². The van der Waals surface area contributed by atoms with Crippen molar-refractivity contribution in [3.63, 3.8) is 0 Å². The Balaban J connectivity index is 2.47. The number of fused-ring (bicyclic) bond motifs is 1. The Morgan fingerprint density at radius 2 is 1.42 bits per heavy atom. The van der Waals surface area contributed by atoms with Gasteiger partial charge in [0.25, 0.3) is 0 Å². The van der Waals surface area contributed by atoms with E-state index in [0.717, 1.165) is 22.7 Å². The van der Waals surface area contributed by atoms with Gasteiger partial charge < -0.3 is 0 Å². The van der Waals surface area contributed by atoms with E-state index in [4.69, 9.17) is 9.47 Å². The first-order chi connectivity index (χ1) is 11.7. The second-order valence-electron chi connectivity index (χ2n) is 6.86. The molecule has 2 heterocycles. The number of carbonyl (C=O) groups is 1. The van der Waals surface area contributed by atoms with E-state index in [1.54, 1.807) is 11.3 Å². The standard InChI is InChI=1S/C7H5O3S.3C4H9.Sn/c8-3-6-7-5(4-11-6)9-1-2-10-7;3*1-3-4-2;/h3H,1-2H2;3*1,3-4H2,2H3;. The SMILES string of the molecule is CCC[CH2][Sn]([CH2]CCC)([CH2]CCC)[c]1sc(C=O)c2c1OCCO2. The number of rotatable bonds is 11. The minimum absolute atomic E-state index is 0.561. The third-order valence-electron chi connectivity index (χ3n) is 5.04. The van der Waals surface area contributed by atoms with Crippen LogP contribution in [0.25, 0.3) is 0 Å². The zero-order chi connectivity index (χ0) is 17.4. The Kier molecular flexibility index (Phi) is 8.41. The average molecular weight is 459 g/mol. The number of unbranched alkanes of at least 4 members (excludes halogenated alkanes) is 3. The Morgan fingerprint density at radius 1 is 0.917 bits per heavy atom. The van der Waals surface area contributed by atoms with Crippen LogP contribution in [0.2, 0.25) is 13.3 Å². The number of hydrogen-bond acceptors (Lipinski definition) is 4. The summed E-state index contributed by atoms with van der Waals surface area (Å²) in [5.41, 5.74) is 0. The van der Waals surface area contributed by atoms with E-state index in [2.05, 4.69) is 20.8 Å². The first-order valence-corrected chi connectivity index (χ1v) is 17.9. The Bertz CT molecular complexity index is 505. The molecule has 0 N–H and O–H groups in total. The van der Waals surface area contributed by atoms with E-state index in [1.165, 1.54) is 54.7 Å². The van der Waals surface area contributed by atoms with Crippen LogP contribution in [-0.4, -0.2) is 37.9 Å². The molecule has 0 amide bonds. The Labute approximate surface area is 155 Å². The summed E-state index contributed by atoms with van der Waals surface area (Å²) in [6.45, 7) is 8.04. The Morgan fingerprint density at radius 3 is 1.88 bits per heavy atom. The fraction of sp³-hybridized carbons (Fsp3) is 0.737. The summed E-state index contributed by atoms with van der Waals surface area (Å²) in [6.07, 6.45) is 8.67. The van der Waals surface area contributed by atoms with Crippen LogP contribution >= 0.6 is 11.3 Å². The predicted octanol–water partition coefficient (Wildman–Crippen LogP) is 5.39. The average Bonchev–Trinajstić information content (AvgIpc) is 3.01. The van der Waals surface area contributed by atoms with Gasteiger partial charge >= 0.3 is 155 Å².